The molecule has 0 saturated heterocycles. The summed E-state index contributed by atoms with van der Waals surface area (Å²) in [6.45, 7) is 19.0. The maximum atomic E-state index is 6.52. The summed E-state index contributed by atoms with van der Waals surface area (Å²) in [4.78, 5) is 12.6. The van der Waals surface area contributed by atoms with Crippen molar-refractivity contribution in [3.63, 3.8) is 0 Å². The van der Waals surface area contributed by atoms with Crippen molar-refractivity contribution in [1.29, 1.82) is 0 Å². The summed E-state index contributed by atoms with van der Waals surface area (Å²) in [5, 5.41) is 0. The Bertz CT molecular complexity index is 623. The van der Waals surface area contributed by atoms with E-state index in [2.05, 4.69) is 55.4 Å². The summed E-state index contributed by atoms with van der Waals surface area (Å²) in [5.41, 5.74) is 0.546. The molecule has 0 spiro atoms. The summed E-state index contributed by atoms with van der Waals surface area (Å²) in [6, 6.07) is 0. The van der Waals surface area contributed by atoms with Crippen molar-refractivity contribution in [1.82, 2.24) is 0 Å². The summed E-state index contributed by atoms with van der Waals surface area (Å²) >= 11 is 0. The van der Waals surface area contributed by atoms with Crippen molar-refractivity contribution >= 4 is 0 Å². The Morgan fingerprint density at radius 3 is 2.39 bits per heavy atom. The van der Waals surface area contributed by atoms with Gasteiger partial charge in [-0.05, 0) is 113 Å². The average molecular weight is 433 g/mol. The fourth-order valence-corrected chi connectivity index (χ4v) is 9.37. The van der Waals surface area contributed by atoms with Crippen LogP contribution in [0.25, 0.3) is 0 Å². The molecule has 0 aliphatic heterocycles. The van der Waals surface area contributed by atoms with Crippen LogP contribution >= 0.6 is 0 Å². The van der Waals surface area contributed by atoms with E-state index in [1.807, 2.05) is 0 Å². The lowest BCUT2D eigenvalue weighted by molar-refractivity contribution is -0.404. The Balaban J connectivity index is 1.66. The van der Waals surface area contributed by atoms with E-state index in [1.165, 1.54) is 64.2 Å². The smallest absolute Gasteiger partial charge is 0.0992 e. The third-order valence-electron chi connectivity index (χ3n) is 10.9. The van der Waals surface area contributed by atoms with Crippen molar-refractivity contribution in [3.8, 4) is 0 Å². The first-order valence-corrected chi connectivity index (χ1v) is 13.8. The molecular formula is C29H52O2. The summed E-state index contributed by atoms with van der Waals surface area (Å²) in [6.07, 6.45) is 14.2. The normalized spacial score (nSPS) is 48.6. The highest BCUT2D eigenvalue weighted by atomic mass is 17.2. The largest absolute Gasteiger partial charge is 0.232 e. The summed E-state index contributed by atoms with van der Waals surface area (Å²) < 4.78 is 0. The zero-order chi connectivity index (χ0) is 22.6. The van der Waals surface area contributed by atoms with E-state index < -0.39 is 0 Å². The predicted octanol–water partition coefficient (Wildman–Crippen LogP) is 8.44. The Kier molecular flexibility index (Phi) is 6.68. The molecule has 0 radical (unpaired) electrons. The number of rotatable bonds is 5. The minimum absolute atomic E-state index is 0.245. The molecule has 4 fully saturated rings. The molecule has 0 amide bonds. The molecule has 10 atom stereocenters. The van der Waals surface area contributed by atoms with Crippen LogP contribution in [-0.4, -0.2) is 11.7 Å². The van der Waals surface area contributed by atoms with Crippen LogP contribution in [0.2, 0.25) is 0 Å². The van der Waals surface area contributed by atoms with Crippen molar-refractivity contribution in [3.05, 3.63) is 0 Å². The van der Waals surface area contributed by atoms with Gasteiger partial charge in [0.05, 0.1) is 11.7 Å². The molecule has 4 saturated carbocycles. The minimum atomic E-state index is -0.245. The topological polar surface area (TPSA) is 18.5 Å². The average Bonchev–Trinajstić information content (AvgIpc) is 3.04. The minimum Gasteiger partial charge on any atom is -0.232 e. The van der Waals surface area contributed by atoms with E-state index in [9.17, 15) is 0 Å². The van der Waals surface area contributed by atoms with E-state index in [0.717, 1.165) is 41.4 Å². The van der Waals surface area contributed by atoms with Crippen molar-refractivity contribution in [2.45, 2.75) is 131 Å². The molecule has 4 aliphatic rings. The Hall–Kier alpha value is -0.0800. The van der Waals surface area contributed by atoms with Gasteiger partial charge in [0, 0.05) is 5.41 Å². The van der Waals surface area contributed by atoms with Gasteiger partial charge in [-0.25, -0.2) is 9.78 Å². The van der Waals surface area contributed by atoms with Crippen LogP contribution in [-0.2, 0) is 9.78 Å². The molecule has 4 aliphatic carbocycles. The van der Waals surface area contributed by atoms with Gasteiger partial charge in [0.2, 0.25) is 0 Å². The van der Waals surface area contributed by atoms with Gasteiger partial charge in [-0.2, -0.15) is 0 Å². The molecule has 0 aromatic rings. The lowest BCUT2D eigenvalue weighted by Crippen LogP contribution is -2.59. The van der Waals surface area contributed by atoms with Crippen molar-refractivity contribution in [2.75, 3.05) is 0 Å². The van der Waals surface area contributed by atoms with Crippen LogP contribution < -0.4 is 0 Å². The molecule has 180 valence electrons. The van der Waals surface area contributed by atoms with Gasteiger partial charge < -0.3 is 0 Å². The Morgan fingerprint density at radius 2 is 1.71 bits per heavy atom. The van der Waals surface area contributed by atoms with Gasteiger partial charge >= 0.3 is 0 Å². The van der Waals surface area contributed by atoms with Crippen molar-refractivity contribution in [2.24, 2.45) is 52.3 Å². The SMILES string of the molecule is CCC[C@@H](C)[C@H]1CC[C@H]2[C@@H]3CC[C@@H]4C[C@H](C)CC[C@]4(C)C3CC(OOC(C)(C)C)[C@]12C. The molecular weight excluding hydrogens is 380 g/mol. The van der Waals surface area contributed by atoms with E-state index in [1.54, 1.807) is 0 Å². The first-order valence-electron chi connectivity index (χ1n) is 13.8. The van der Waals surface area contributed by atoms with Crippen LogP contribution in [0.3, 0.4) is 0 Å². The van der Waals surface area contributed by atoms with Gasteiger partial charge in [-0.15, -0.1) is 0 Å². The van der Waals surface area contributed by atoms with Crippen LogP contribution in [0.15, 0.2) is 0 Å². The zero-order valence-corrected chi connectivity index (χ0v) is 22.0. The Morgan fingerprint density at radius 1 is 0.968 bits per heavy atom. The van der Waals surface area contributed by atoms with Crippen LogP contribution in [0.1, 0.15) is 120 Å². The molecule has 31 heavy (non-hydrogen) atoms. The molecule has 0 aromatic heterocycles. The second-order valence-electron chi connectivity index (χ2n) is 13.9. The number of hydrogen-bond acceptors (Lipinski definition) is 2. The molecule has 2 nitrogen and oxygen atoms in total. The molecule has 0 heterocycles. The number of fused-ring (bicyclic) bond motifs is 5. The third kappa shape index (κ3) is 4.16. The highest BCUT2D eigenvalue weighted by molar-refractivity contribution is 5.12. The van der Waals surface area contributed by atoms with Gasteiger partial charge in [0.1, 0.15) is 0 Å². The van der Waals surface area contributed by atoms with Crippen LogP contribution in [0.5, 0.6) is 0 Å². The number of hydrogen-bond donors (Lipinski definition) is 0. The summed E-state index contributed by atoms with van der Waals surface area (Å²) in [5.74, 6) is 5.98. The lowest BCUT2D eigenvalue weighted by atomic mass is 9.43. The zero-order valence-electron chi connectivity index (χ0n) is 22.0. The third-order valence-corrected chi connectivity index (χ3v) is 10.9. The first kappa shape index (κ1) is 24.1. The van der Waals surface area contributed by atoms with E-state index in [-0.39, 0.29) is 17.1 Å². The quantitative estimate of drug-likeness (QED) is 0.320. The van der Waals surface area contributed by atoms with Gasteiger partial charge in [-0.1, -0.05) is 53.9 Å². The van der Waals surface area contributed by atoms with E-state index in [0.29, 0.717) is 5.41 Å². The van der Waals surface area contributed by atoms with Gasteiger partial charge in [-0.3, -0.25) is 0 Å². The van der Waals surface area contributed by atoms with Crippen LogP contribution in [0.4, 0.5) is 0 Å². The van der Waals surface area contributed by atoms with Gasteiger partial charge in [0.15, 0.2) is 0 Å². The molecule has 0 N–H and O–H groups in total. The molecule has 0 bridgehead atoms. The molecule has 0 aromatic carbocycles. The molecule has 2 heteroatoms. The predicted molar refractivity (Wildman–Crippen MR) is 130 cm³/mol. The molecule has 4 rings (SSSR count). The fourth-order valence-electron chi connectivity index (χ4n) is 9.37. The monoisotopic (exact) mass is 432 g/mol. The second kappa shape index (κ2) is 8.61. The Labute approximate surface area is 193 Å². The van der Waals surface area contributed by atoms with E-state index in [4.69, 9.17) is 9.78 Å². The lowest BCUT2D eigenvalue weighted by Gasteiger charge is -2.63. The first-order chi connectivity index (χ1) is 14.5. The highest BCUT2D eigenvalue weighted by Crippen LogP contribution is 2.69. The van der Waals surface area contributed by atoms with Crippen LogP contribution in [0, 0.1) is 52.3 Å². The highest BCUT2D eigenvalue weighted by Gasteiger charge is 2.64. The van der Waals surface area contributed by atoms with Crippen molar-refractivity contribution < 1.29 is 9.78 Å². The standard InChI is InChI=1S/C29H52O2/c1-9-10-20(3)23-13-14-24-22-12-11-21-17-19(2)15-16-28(21,7)25(22)18-26(29(23,24)8)30-31-27(4,5)6/h19-26H,9-18H2,1-8H3/t19-,20-,21-,22+,23-,24+,25?,26?,28+,29-/m1/s1. The van der Waals surface area contributed by atoms with E-state index >= 15 is 0 Å². The second-order valence-corrected chi connectivity index (χ2v) is 13.9. The fraction of sp³-hybridized carbons (Fsp3) is 1.00. The molecule has 2 unspecified atom stereocenters. The maximum Gasteiger partial charge on any atom is 0.0992 e. The maximum absolute atomic E-state index is 6.52. The van der Waals surface area contributed by atoms with Gasteiger partial charge in [0.25, 0.3) is 0 Å². The summed E-state index contributed by atoms with van der Waals surface area (Å²) in [7, 11) is 0.